The molecule has 1 fully saturated rings. The lowest BCUT2D eigenvalue weighted by molar-refractivity contribution is -0.146. The minimum atomic E-state index is -0.161. The third-order valence-corrected chi connectivity index (χ3v) is 1.45. The molecule has 1 aliphatic rings. The molecule has 0 saturated carbocycles. The zero-order chi connectivity index (χ0) is 7.40. The van der Waals surface area contributed by atoms with E-state index in [-0.39, 0.29) is 12.0 Å². The molecule has 1 aliphatic heterocycles. The molecule has 3 nitrogen and oxygen atoms in total. The van der Waals surface area contributed by atoms with Gasteiger partial charge in [-0.05, 0) is 13.0 Å². The lowest BCUT2D eigenvalue weighted by Gasteiger charge is -2.24. The highest BCUT2D eigenvalue weighted by atomic mass is 16.5. The molecule has 1 saturated heterocycles. The summed E-state index contributed by atoms with van der Waals surface area (Å²) in [4.78, 5) is 10.9. The van der Waals surface area contributed by atoms with Crippen LogP contribution in [0.15, 0.2) is 12.7 Å². The van der Waals surface area contributed by atoms with Gasteiger partial charge in [-0.25, -0.2) is 0 Å². The second-order valence-corrected chi connectivity index (χ2v) is 2.21. The Morgan fingerprint density at radius 2 is 2.60 bits per heavy atom. The van der Waals surface area contributed by atoms with Crippen molar-refractivity contribution in [2.45, 2.75) is 12.5 Å². The van der Waals surface area contributed by atoms with Crippen LogP contribution in [0.3, 0.4) is 0 Å². The van der Waals surface area contributed by atoms with Crippen molar-refractivity contribution in [2.24, 2.45) is 0 Å². The number of nitrogens with one attached hydrogen (secondary N) is 1. The molecule has 1 N–H and O–H groups in total. The summed E-state index contributed by atoms with van der Waals surface area (Å²) < 4.78 is 4.78. The standard InChI is InChI=1S/C7H11NO2/c1-2-5-10-7(9)6-3-4-8-6/h2,6,8H,1,3-5H2. The second kappa shape index (κ2) is 3.37. The van der Waals surface area contributed by atoms with E-state index in [9.17, 15) is 4.79 Å². The molecular weight excluding hydrogens is 130 g/mol. The summed E-state index contributed by atoms with van der Waals surface area (Å²) in [7, 11) is 0. The van der Waals surface area contributed by atoms with E-state index in [1.807, 2.05) is 0 Å². The van der Waals surface area contributed by atoms with E-state index in [1.54, 1.807) is 6.08 Å². The van der Waals surface area contributed by atoms with Gasteiger partial charge in [-0.3, -0.25) is 4.79 Å². The van der Waals surface area contributed by atoms with Gasteiger partial charge < -0.3 is 10.1 Å². The van der Waals surface area contributed by atoms with Crippen molar-refractivity contribution < 1.29 is 9.53 Å². The molecule has 0 aromatic rings. The Kier molecular flexibility index (Phi) is 2.45. The van der Waals surface area contributed by atoms with Crippen molar-refractivity contribution in [3.8, 4) is 0 Å². The first-order valence-corrected chi connectivity index (χ1v) is 3.35. The van der Waals surface area contributed by atoms with Gasteiger partial charge >= 0.3 is 5.97 Å². The number of carbonyl (C=O) groups excluding carboxylic acids is 1. The van der Waals surface area contributed by atoms with Gasteiger partial charge in [0.15, 0.2) is 0 Å². The monoisotopic (exact) mass is 141 g/mol. The van der Waals surface area contributed by atoms with Crippen LogP contribution in [-0.4, -0.2) is 25.2 Å². The average Bonchev–Trinajstić information content (AvgIpc) is 1.79. The van der Waals surface area contributed by atoms with Crippen LogP contribution >= 0.6 is 0 Å². The van der Waals surface area contributed by atoms with E-state index >= 15 is 0 Å². The molecule has 0 amide bonds. The van der Waals surface area contributed by atoms with Gasteiger partial charge in [-0.1, -0.05) is 12.7 Å². The predicted molar refractivity (Wildman–Crippen MR) is 37.6 cm³/mol. The third-order valence-electron chi connectivity index (χ3n) is 1.45. The quantitative estimate of drug-likeness (QED) is 0.446. The Morgan fingerprint density at radius 1 is 1.90 bits per heavy atom. The smallest absolute Gasteiger partial charge is 0.323 e. The highest BCUT2D eigenvalue weighted by Crippen LogP contribution is 2.03. The Hall–Kier alpha value is -0.830. The van der Waals surface area contributed by atoms with Gasteiger partial charge in [-0.2, -0.15) is 0 Å². The fourth-order valence-corrected chi connectivity index (χ4v) is 0.732. The number of rotatable bonds is 3. The molecule has 1 atom stereocenters. The molecule has 0 bridgehead atoms. The van der Waals surface area contributed by atoms with E-state index in [2.05, 4.69) is 11.9 Å². The van der Waals surface area contributed by atoms with Crippen LogP contribution in [0.2, 0.25) is 0 Å². The maximum absolute atomic E-state index is 10.9. The minimum Gasteiger partial charge on any atom is -0.460 e. The molecule has 56 valence electrons. The van der Waals surface area contributed by atoms with E-state index in [1.165, 1.54) is 0 Å². The van der Waals surface area contributed by atoms with Crippen LogP contribution in [0.4, 0.5) is 0 Å². The fourth-order valence-electron chi connectivity index (χ4n) is 0.732. The predicted octanol–water partition coefficient (Wildman–Crippen LogP) is 0.0775. The third kappa shape index (κ3) is 1.57. The van der Waals surface area contributed by atoms with Crippen LogP contribution in [0.5, 0.6) is 0 Å². The summed E-state index contributed by atoms with van der Waals surface area (Å²) >= 11 is 0. The van der Waals surface area contributed by atoms with Crippen molar-refractivity contribution >= 4 is 5.97 Å². The molecule has 0 aromatic carbocycles. The van der Waals surface area contributed by atoms with Crippen molar-refractivity contribution in [2.75, 3.05) is 13.2 Å². The van der Waals surface area contributed by atoms with Gasteiger partial charge in [0, 0.05) is 0 Å². The van der Waals surface area contributed by atoms with Crippen LogP contribution in [0.1, 0.15) is 6.42 Å². The lowest BCUT2D eigenvalue weighted by atomic mass is 10.1. The molecule has 0 spiro atoms. The Morgan fingerprint density at radius 3 is 3.00 bits per heavy atom. The van der Waals surface area contributed by atoms with Crippen LogP contribution in [0, 0.1) is 0 Å². The highest BCUT2D eigenvalue weighted by molar-refractivity contribution is 5.76. The number of esters is 1. The van der Waals surface area contributed by atoms with Crippen molar-refractivity contribution in [3.63, 3.8) is 0 Å². The maximum Gasteiger partial charge on any atom is 0.323 e. The SMILES string of the molecule is C=CCOC(=O)C1CCN1. The van der Waals surface area contributed by atoms with Crippen molar-refractivity contribution in [3.05, 3.63) is 12.7 Å². The molecule has 0 aromatic heterocycles. The average molecular weight is 141 g/mol. The summed E-state index contributed by atoms with van der Waals surface area (Å²) in [6.45, 7) is 4.68. The summed E-state index contributed by atoms with van der Waals surface area (Å²) in [6.07, 6.45) is 2.46. The number of carbonyl (C=O) groups is 1. The molecule has 0 aliphatic carbocycles. The Labute approximate surface area is 60.1 Å². The van der Waals surface area contributed by atoms with Gasteiger partial charge in [-0.15, -0.1) is 0 Å². The second-order valence-electron chi connectivity index (χ2n) is 2.21. The summed E-state index contributed by atoms with van der Waals surface area (Å²) in [5, 5.41) is 2.95. The fraction of sp³-hybridized carbons (Fsp3) is 0.571. The Bertz CT molecular complexity index is 141. The van der Waals surface area contributed by atoms with Crippen LogP contribution in [0.25, 0.3) is 0 Å². The Balaban J connectivity index is 2.13. The van der Waals surface area contributed by atoms with E-state index in [0.717, 1.165) is 13.0 Å². The summed E-state index contributed by atoms with van der Waals surface area (Å²) in [6, 6.07) is -0.0556. The van der Waals surface area contributed by atoms with E-state index in [4.69, 9.17) is 4.74 Å². The maximum atomic E-state index is 10.9. The van der Waals surface area contributed by atoms with Crippen LogP contribution < -0.4 is 5.32 Å². The highest BCUT2D eigenvalue weighted by Gasteiger charge is 2.25. The normalized spacial score (nSPS) is 23.0. The number of ether oxygens (including phenoxy) is 1. The van der Waals surface area contributed by atoms with E-state index < -0.39 is 0 Å². The lowest BCUT2D eigenvalue weighted by Crippen LogP contribution is -2.49. The topological polar surface area (TPSA) is 38.3 Å². The van der Waals surface area contributed by atoms with E-state index in [0.29, 0.717) is 6.61 Å². The van der Waals surface area contributed by atoms with Gasteiger partial charge in [0.2, 0.25) is 0 Å². The molecule has 3 heteroatoms. The summed E-state index contributed by atoms with van der Waals surface area (Å²) in [5.74, 6) is -0.161. The van der Waals surface area contributed by atoms with Crippen molar-refractivity contribution in [1.82, 2.24) is 5.32 Å². The molecule has 1 rings (SSSR count). The van der Waals surface area contributed by atoms with Gasteiger partial charge in [0.1, 0.15) is 12.6 Å². The van der Waals surface area contributed by atoms with Gasteiger partial charge in [0.25, 0.3) is 0 Å². The molecule has 1 heterocycles. The van der Waals surface area contributed by atoms with Gasteiger partial charge in [0.05, 0.1) is 0 Å². The minimum absolute atomic E-state index is 0.0556. The number of hydrogen-bond acceptors (Lipinski definition) is 3. The summed E-state index contributed by atoms with van der Waals surface area (Å²) in [5.41, 5.74) is 0. The molecule has 10 heavy (non-hydrogen) atoms. The molecule has 1 unspecified atom stereocenters. The van der Waals surface area contributed by atoms with Crippen molar-refractivity contribution in [1.29, 1.82) is 0 Å². The first kappa shape index (κ1) is 7.28. The first-order valence-electron chi connectivity index (χ1n) is 3.35. The zero-order valence-electron chi connectivity index (χ0n) is 5.80. The first-order chi connectivity index (χ1) is 4.84. The molecule has 0 radical (unpaired) electrons. The zero-order valence-corrected chi connectivity index (χ0v) is 5.80. The largest absolute Gasteiger partial charge is 0.460 e. The number of hydrogen-bond donors (Lipinski definition) is 1. The van der Waals surface area contributed by atoms with Crippen LogP contribution in [-0.2, 0) is 9.53 Å². The molecular formula is C7H11NO2.